The number of primary sulfonamides is 1. The molecule has 1 spiro atoms. The number of rotatable bonds is 4. The van der Waals surface area contributed by atoms with Gasteiger partial charge in [-0.3, -0.25) is 19.8 Å². The van der Waals surface area contributed by atoms with Crippen molar-refractivity contribution in [1.82, 2.24) is 20.0 Å². The van der Waals surface area contributed by atoms with Gasteiger partial charge in [0.15, 0.2) is 0 Å². The highest BCUT2D eigenvalue weighted by molar-refractivity contribution is 7.89. The van der Waals surface area contributed by atoms with Crippen LogP contribution in [-0.2, 0) is 20.4 Å². The molecule has 3 aromatic rings. The maximum atomic E-state index is 13.4. The third kappa shape index (κ3) is 3.61. The number of carbonyl (C=O) groups is 1. The number of nitrogens with zero attached hydrogens (tertiary/aromatic N) is 4. The van der Waals surface area contributed by atoms with Crippen molar-refractivity contribution < 1.29 is 13.2 Å². The van der Waals surface area contributed by atoms with E-state index in [1.54, 1.807) is 18.3 Å². The van der Waals surface area contributed by atoms with Crippen LogP contribution in [0.2, 0.25) is 0 Å². The van der Waals surface area contributed by atoms with Gasteiger partial charge in [0.1, 0.15) is 17.0 Å². The Bertz CT molecular complexity index is 1330. The summed E-state index contributed by atoms with van der Waals surface area (Å²) in [5.41, 5.74) is 3.78. The fourth-order valence-corrected chi connectivity index (χ4v) is 5.36. The number of hydrogen-bond donors (Lipinski definition) is 3. The van der Waals surface area contributed by atoms with Crippen LogP contribution in [0.1, 0.15) is 46.0 Å². The van der Waals surface area contributed by atoms with E-state index in [-0.39, 0.29) is 16.8 Å². The summed E-state index contributed by atoms with van der Waals surface area (Å²) < 4.78 is 25.1. The lowest BCUT2D eigenvalue weighted by atomic mass is 9.80. The average molecular weight is 470 g/mol. The van der Waals surface area contributed by atoms with Crippen molar-refractivity contribution in [2.24, 2.45) is 5.14 Å². The lowest BCUT2D eigenvalue weighted by Crippen LogP contribution is -2.62. The number of carbonyl (C=O) groups excluding carboxylic acids is 1. The van der Waals surface area contributed by atoms with Crippen molar-refractivity contribution in [2.45, 2.75) is 62.4 Å². The third-order valence-corrected chi connectivity index (χ3v) is 7.41. The molecule has 1 aromatic carbocycles. The quantitative estimate of drug-likeness (QED) is 0.535. The lowest BCUT2D eigenvalue weighted by Gasteiger charge is -2.46. The summed E-state index contributed by atoms with van der Waals surface area (Å²) >= 11 is 0. The van der Waals surface area contributed by atoms with E-state index in [9.17, 15) is 13.2 Å². The summed E-state index contributed by atoms with van der Waals surface area (Å²) in [7, 11) is -3.76. The Kier molecular flexibility index (Phi) is 5.05. The molecule has 174 valence electrons. The fraction of sp³-hybridized carbons (Fsp3) is 0.409. The van der Waals surface area contributed by atoms with Gasteiger partial charge in [0.05, 0.1) is 4.90 Å². The Morgan fingerprint density at radius 3 is 2.48 bits per heavy atom. The molecule has 1 saturated carbocycles. The molecule has 33 heavy (non-hydrogen) atoms. The Morgan fingerprint density at radius 1 is 1.15 bits per heavy atom. The Balaban J connectivity index is 1.59. The van der Waals surface area contributed by atoms with Crippen molar-refractivity contribution in [3.63, 3.8) is 0 Å². The van der Waals surface area contributed by atoms with Crippen LogP contribution in [0.4, 0.5) is 17.5 Å². The van der Waals surface area contributed by atoms with Crippen LogP contribution in [0.25, 0.3) is 11.0 Å². The van der Waals surface area contributed by atoms with Crippen molar-refractivity contribution in [3.05, 3.63) is 36.5 Å². The molecule has 0 bridgehead atoms. The SMILES string of the molecule is CC(C)N1NC(=O)C2(CCCCC2)n2c1cc1cnc(Nc3ccc(S(N)(=O)=O)cc3)nc12. The number of hydrazine groups is 1. The molecule has 0 radical (unpaired) electrons. The Hall–Kier alpha value is -3.18. The maximum Gasteiger partial charge on any atom is 0.264 e. The number of anilines is 3. The van der Waals surface area contributed by atoms with Crippen molar-refractivity contribution >= 4 is 44.4 Å². The average Bonchev–Trinajstić information content (AvgIpc) is 3.16. The number of aromatic nitrogens is 3. The number of fused-ring (bicyclic) bond motifs is 4. The number of amides is 1. The van der Waals surface area contributed by atoms with Gasteiger partial charge in [-0.25, -0.2) is 18.5 Å². The monoisotopic (exact) mass is 469 g/mol. The normalized spacial score (nSPS) is 17.9. The molecule has 4 N–H and O–H groups in total. The maximum absolute atomic E-state index is 13.4. The van der Waals surface area contributed by atoms with E-state index in [0.717, 1.165) is 43.3 Å². The van der Waals surface area contributed by atoms with E-state index in [1.165, 1.54) is 12.1 Å². The molecule has 11 heteroatoms. The van der Waals surface area contributed by atoms with Gasteiger partial charge >= 0.3 is 0 Å². The molecule has 1 aliphatic carbocycles. The Morgan fingerprint density at radius 2 is 1.85 bits per heavy atom. The fourth-order valence-electron chi connectivity index (χ4n) is 4.84. The number of nitrogens with two attached hydrogens (primary N) is 1. The van der Waals surface area contributed by atoms with Crippen LogP contribution in [0.3, 0.4) is 0 Å². The molecule has 5 rings (SSSR count). The lowest BCUT2D eigenvalue weighted by molar-refractivity contribution is -0.133. The van der Waals surface area contributed by atoms with Gasteiger partial charge in [-0.2, -0.15) is 4.98 Å². The van der Waals surface area contributed by atoms with Crippen molar-refractivity contribution in [3.8, 4) is 0 Å². The molecular weight excluding hydrogens is 442 g/mol. The van der Waals surface area contributed by atoms with Gasteiger partial charge in [-0.1, -0.05) is 19.3 Å². The molecule has 0 atom stereocenters. The van der Waals surface area contributed by atoms with Crippen LogP contribution in [-0.4, -0.2) is 34.9 Å². The van der Waals surface area contributed by atoms with Gasteiger partial charge in [0.2, 0.25) is 16.0 Å². The zero-order chi connectivity index (χ0) is 23.4. The van der Waals surface area contributed by atoms with Crippen LogP contribution in [0, 0.1) is 0 Å². The molecular formula is C22H27N7O3S. The molecule has 10 nitrogen and oxygen atoms in total. The predicted molar refractivity (Wildman–Crippen MR) is 125 cm³/mol. The van der Waals surface area contributed by atoms with E-state index < -0.39 is 15.6 Å². The summed E-state index contributed by atoms with van der Waals surface area (Å²) in [4.78, 5) is 22.6. The number of nitrogens with one attached hydrogen (secondary N) is 2. The van der Waals surface area contributed by atoms with Crippen LogP contribution >= 0.6 is 0 Å². The molecule has 1 aliphatic heterocycles. The number of hydrogen-bond acceptors (Lipinski definition) is 7. The standard InChI is InChI=1S/C22H27N7O3S/c1-14(2)29-18-12-15-13-24-21(25-16-6-8-17(9-7-16)33(23,31)32)26-19(15)28(18)22(20(30)27-29)10-4-3-5-11-22/h6-9,12-14H,3-5,10-11H2,1-2H3,(H,27,30)(H2,23,31,32)(H,24,25,26). The van der Waals surface area contributed by atoms with E-state index in [1.807, 2.05) is 24.9 Å². The summed E-state index contributed by atoms with van der Waals surface area (Å²) in [6.07, 6.45) is 6.37. The smallest absolute Gasteiger partial charge is 0.264 e. The van der Waals surface area contributed by atoms with E-state index in [2.05, 4.69) is 20.3 Å². The summed E-state index contributed by atoms with van der Waals surface area (Å²) in [5, 5.41) is 11.0. The minimum atomic E-state index is -3.76. The zero-order valence-corrected chi connectivity index (χ0v) is 19.4. The van der Waals surface area contributed by atoms with Crippen LogP contribution in [0.5, 0.6) is 0 Å². The highest BCUT2D eigenvalue weighted by Gasteiger charge is 2.48. The van der Waals surface area contributed by atoms with Crippen LogP contribution in [0.15, 0.2) is 41.4 Å². The summed E-state index contributed by atoms with van der Waals surface area (Å²) in [6.45, 7) is 4.07. The second-order valence-electron chi connectivity index (χ2n) is 9.00. The summed E-state index contributed by atoms with van der Waals surface area (Å²) in [5.74, 6) is 1.28. The first-order valence-electron chi connectivity index (χ1n) is 11.1. The molecule has 1 amide bonds. The highest BCUT2D eigenvalue weighted by Crippen LogP contribution is 2.44. The second kappa shape index (κ2) is 7.70. The minimum absolute atomic E-state index is 0.00704. The Labute approximate surface area is 192 Å². The van der Waals surface area contributed by atoms with E-state index >= 15 is 0 Å². The zero-order valence-electron chi connectivity index (χ0n) is 18.6. The largest absolute Gasteiger partial charge is 0.324 e. The van der Waals surface area contributed by atoms with Gasteiger partial charge in [0, 0.05) is 23.3 Å². The van der Waals surface area contributed by atoms with E-state index in [0.29, 0.717) is 17.3 Å². The first-order chi connectivity index (χ1) is 15.7. The molecule has 3 heterocycles. The second-order valence-corrected chi connectivity index (χ2v) is 10.6. The third-order valence-electron chi connectivity index (χ3n) is 6.48. The van der Waals surface area contributed by atoms with Gasteiger partial charge in [0.25, 0.3) is 5.91 Å². The molecule has 2 aromatic heterocycles. The highest BCUT2D eigenvalue weighted by atomic mass is 32.2. The molecule has 2 aliphatic rings. The number of benzene rings is 1. The van der Waals surface area contributed by atoms with E-state index in [4.69, 9.17) is 10.1 Å². The van der Waals surface area contributed by atoms with Gasteiger partial charge < -0.3 is 5.32 Å². The van der Waals surface area contributed by atoms with Crippen molar-refractivity contribution in [1.29, 1.82) is 0 Å². The molecule has 0 unspecified atom stereocenters. The number of sulfonamides is 1. The van der Waals surface area contributed by atoms with Crippen molar-refractivity contribution in [2.75, 3.05) is 10.3 Å². The van der Waals surface area contributed by atoms with Gasteiger partial charge in [-0.15, -0.1) is 0 Å². The van der Waals surface area contributed by atoms with Crippen LogP contribution < -0.4 is 20.9 Å². The first kappa shape index (κ1) is 21.7. The first-order valence-corrected chi connectivity index (χ1v) is 12.6. The predicted octanol–water partition coefficient (Wildman–Crippen LogP) is 2.74. The summed E-state index contributed by atoms with van der Waals surface area (Å²) in [6, 6.07) is 8.17. The topological polar surface area (TPSA) is 135 Å². The minimum Gasteiger partial charge on any atom is -0.324 e. The molecule has 1 fully saturated rings. The molecule has 0 saturated heterocycles. The van der Waals surface area contributed by atoms with Gasteiger partial charge in [-0.05, 0) is 57.0 Å².